The number of morpholine rings is 1. The van der Waals surface area contributed by atoms with Gasteiger partial charge in [0.25, 0.3) is 0 Å². The van der Waals surface area contributed by atoms with Crippen molar-refractivity contribution in [1.82, 2.24) is 25.0 Å². The average Bonchev–Trinajstić information content (AvgIpc) is 3.55. The summed E-state index contributed by atoms with van der Waals surface area (Å²) >= 11 is 0. The summed E-state index contributed by atoms with van der Waals surface area (Å²) in [5.41, 5.74) is 1.43. The van der Waals surface area contributed by atoms with E-state index in [9.17, 15) is 9.50 Å². The Bertz CT molecular complexity index is 1310. The molecule has 5 heterocycles. The zero-order chi connectivity index (χ0) is 24.0. The van der Waals surface area contributed by atoms with Crippen molar-refractivity contribution in [1.29, 1.82) is 0 Å². The van der Waals surface area contributed by atoms with Gasteiger partial charge in [-0.1, -0.05) is 0 Å². The van der Waals surface area contributed by atoms with Gasteiger partial charge in [-0.2, -0.15) is 14.9 Å². The molecule has 2 N–H and O–H groups in total. The third-order valence-corrected chi connectivity index (χ3v) is 7.19. The van der Waals surface area contributed by atoms with Crippen molar-refractivity contribution in [3.05, 3.63) is 60.2 Å². The fourth-order valence-electron chi connectivity index (χ4n) is 5.19. The molecule has 182 valence electrons. The first-order valence-electron chi connectivity index (χ1n) is 12.0. The number of aliphatic hydroxyl groups is 1. The normalized spacial score (nSPS) is 20.5. The number of halogens is 1. The van der Waals surface area contributed by atoms with Crippen molar-refractivity contribution < 1.29 is 14.2 Å². The second kappa shape index (κ2) is 8.62. The van der Waals surface area contributed by atoms with E-state index in [0.29, 0.717) is 50.6 Å². The van der Waals surface area contributed by atoms with E-state index in [4.69, 9.17) is 9.72 Å². The van der Waals surface area contributed by atoms with Crippen LogP contribution in [0.1, 0.15) is 25.3 Å². The number of aromatic amines is 1. The Morgan fingerprint density at radius 3 is 2.66 bits per heavy atom. The van der Waals surface area contributed by atoms with E-state index in [0.717, 1.165) is 29.0 Å². The second-order valence-corrected chi connectivity index (χ2v) is 9.38. The molecule has 4 aromatic rings. The summed E-state index contributed by atoms with van der Waals surface area (Å²) in [5.74, 6) is 1.27. The Morgan fingerprint density at radius 1 is 1.14 bits per heavy atom. The molecule has 0 unspecified atom stereocenters. The summed E-state index contributed by atoms with van der Waals surface area (Å²) in [6.07, 6.45) is 4.53. The number of aromatic nitrogens is 5. The number of pyridine rings is 1. The minimum atomic E-state index is -1.04. The van der Waals surface area contributed by atoms with Gasteiger partial charge in [-0.15, -0.1) is 0 Å². The van der Waals surface area contributed by atoms with Crippen LogP contribution in [0.5, 0.6) is 0 Å². The molecular formula is C25H28FN7O2. The molecule has 0 spiro atoms. The topological polar surface area (TPSA) is 95.3 Å². The highest BCUT2D eigenvalue weighted by Gasteiger charge is 2.37. The van der Waals surface area contributed by atoms with Crippen molar-refractivity contribution in [2.75, 3.05) is 42.6 Å². The van der Waals surface area contributed by atoms with Crippen LogP contribution in [0.25, 0.3) is 16.9 Å². The first kappa shape index (κ1) is 22.0. The molecule has 6 rings (SSSR count). The maximum atomic E-state index is 13.4. The van der Waals surface area contributed by atoms with Gasteiger partial charge in [0.2, 0.25) is 0 Å². The zero-order valence-electron chi connectivity index (χ0n) is 19.6. The van der Waals surface area contributed by atoms with Crippen molar-refractivity contribution in [2.45, 2.75) is 31.4 Å². The van der Waals surface area contributed by atoms with Crippen molar-refractivity contribution >= 4 is 22.5 Å². The number of fused-ring (bicyclic) bond motifs is 1. The first-order chi connectivity index (χ1) is 17.0. The van der Waals surface area contributed by atoms with E-state index in [-0.39, 0.29) is 11.9 Å². The molecule has 2 aliphatic heterocycles. The summed E-state index contributed by atoms with van der Waals surface area (Å²) in [6.45, 7) is 5.43. The SMILES string of the molecule is C[C@@H]1COCCN1c1cc(C2(O)CCN(c3ccc(F)cc3)CC2)c2cnn(-c3ccn[nH]3)c2n1. The molecule has 10 heteroatoms. The second-order valence-electron chi connectivity index (χ2n) is 9.38. The van der Waals surface area contributed by atoms with Crippen LogP contribution in [0.2, 0.25) is 0 Å². The lowest BCUT2D eigenvalue weighted by Crippen LogP contribution is -2.45. The molecule has 1 atom stereocenters. The molecule has 35 heavy (non-hydrogen) atoms. The van der Waals surface area contributed by atoms with Crippen LogP contribution < -0.4 is 9.80 Å². The molecule has 0 bridgehead atoms. The maximum absolute atomic E-state index is 13.4. The van der Waals surface area contributed by atoms with Gasteiger partial charge >= 0.3 is 0 Å². The molecule has 3 aromatic heterocycles. The van der Waals surface area contributed by atoms with Gasteiger partial charge in [0.1, 0.15) is 11.6 Å². The number of nitrogens with one attached hydrogen (secondary N) is 1. The number of hydrogen-bond acceptors (Lipinski definition) is 7. The predicted octanol–water partition coefficient (Wildman–Crippen LogP) is 3.00. The van der Waals surface area contributed by atoms with Gasteiger partial charge in [0.15, 0.2) is 11.5 Å². The van der Waals surface area contributed by atoms with E-state index >= 15 is 0 Å². The van der Waals surface area contributed by atoms with E-state index in [2.05, 4.69) is 32.0 Å². The van der Waals surface area contributed by atoms with Crippen LogP contribution in [0.15, 0.2) is 48.8 Å². The molecule has 1 aromatic carbocycles. The van der Waals surface area contributed by atoms with E-state index in [1.165, 1.54) is 12.1 Å². The summed E-state index contributed by atoms with van der Waals surface area (Å²) in [5, 5.41) is 24.4. The summed E-state index contributed by atoms with van der Waals surface area (Å²) < 4.78 is 20.8. The van der Waals surface area contributed by atoms with Gasteiger partial charge < -0.3 is 19.6 Å². The zero-order valence-corrected chi connectivity index (χ0v) is 19.6. The van der Waals surface area contributed by atoms with Gasteiger partial charge in [-0.3, -0.25) is 5.10 Å². The molecular weight excluding hydrogens is 449 g/mol. The van der Waals surface area contributed by atoms with Gasteiger partial charge in [-0.25, -0.2) is 9.37 Å². The largest absolute Gasteiger partial charge is 0.385 e. The smallest absolute Gasteiger partial charge is 0.167 e. The number of rotatable bonds is 4. The van der Waals surface area contributed by atoms with Crippen LogP contribution in [0.3, 0.4) is 0 Å². The molecule has 2 fully saturated rings. The van der Waals surface area contributed by atoms with Crippen LogP contribution in [-0.2, 0) is 10.3 Å². The number of benzene rings is 1. The minimum absolute atomic E-state index is 0.167. The molecule has 0 radical (unpaired) electrons. The summed E-state index contributed by atoms with van der Waals surface area (Å²) in [4.78, 5) is 9.40. The highest BCUT2D eigenvalue weighted by atomic mass is 19.1. The predicted molar refractivity (Wildman–Crippen MR) is 130 cm³/mol. The fourth-order valence-corrected chi connectivity index (χ4v) is 5.19. The third-order valence-electron chi connectivity index (χ3n) is 7.19. The highest BCUT2D eigenvalue weighted by Crippen LogP contribution is 2.40. The minimum Gasteiger partial charge on any atom is -0.385 e. The van der Waals surface area contributed by atoms with Crippen molar-refractivity contribution in [3.8, 4) is 5.82 Å². The number of ether oxygens (including phenoxy) is 1. The van der Waals surface area contributed by atoms with Gasteiger partial charge in [0.05, 0.1) is 37.3 Å². The Hall–Kier alpha value is -3.50. The summed E-state index contributed by atoms with van der Waals surface area (Å²) in [6, 6.07) is 10.6. The molecule has 2 saturated heterocycles. The molecule has 0 aliphatic carbocycles. The standard InChI is InChI=1S/C25H28FN7O2/c1-17-16-35-13-12-32(17)23-14-21(20-15-28-33(24(20)29-23)22-6-9-27-30-22)25(34)7-10-31(11-8-25)19-4-2-18(26)3-5-19/h2-6,9,14-15,17,34H,7-8,10-13,16H2,1H3,(H,27,30)/t17-/m1/s1. The Morgan fingerprint density at radius 2 is 1.94 bits per heavy atom. The lowest BCUT2D eigenvalue weighted by atomic mass is 9.83. The third kappa shape index (κ3) is 3.92. The molecule has 0 amide bonds. The highest BCUT2D eigenvalue weighted by molar-refractivity contribution is 5.83. The van der Waals surface area contributed by atoms with E-state index in [1.807, 2.05) is 12.1 Å². The summed E-state index contributed by atoms with van der Waals surface area (Å²) in [7, 11) is 0. The molecule has 0 saturated carbocycles. The van der Waals surface area contributed by atoms with Crippen molar-refractivity contribution in [2.24, 2.45) is 0 Å². The number of hydrogen-bond donors (Lipinski definition) is 2. The molecule has 2 aliphatic rings. The van der Waals surface area contributed by atoms with Gasteiger partial charge in [0, 0.05) is 36.8 Å². The lowest BCUT2D eigenvalue weighted by Gasteiger charge is -2.40. The number of nitrogens with zero attached hydrogens (tertiary/aromatic N) is 6. The van der Waals surface area contributed by atoms with Crippen LogP contribution in [-0.4, -0.2) is 69.0 Å². The first-order valence-corrected chi connectivity index (χ1v) is 12.0. The Labute approximate surface area is 202 Å². The van der Waals surface area contributed by atoms with Gasteiger partial charge in [-0.05, 0) is 55.7 Å². The maximum Gasteiger partial charge on any atom is 0.167 e. The van der Waals surface area contributed by atoms with E-state index < -0.39 is 5.60 Å². The van der Waals surface area contributed by atoms with Crippen LogP contribution in [0.4, 0.5) is 15.9 Å². The Kier molecular flexibility index (Phi) is 5.42. The van der Waals surface area contributed by atoms with Crippen molar-refractivity contribution in [3.63, 3.8) is 0 Å². The fraction of sp³-hybridized carbons (Fsp3) is 0.400. The van der Waals surface area contributed by atoms with E-state index in [1.54, 1.807) is 29.2 Å². The monoisotopic (exact) mass is 477 g/mol. The quantitative estimate of drug-likeness (QED) is 0.467. The Balaban J connectivity index is 1.40. The van der Waals surface area contributed by atoms with Crippen LogP contribution in [0, 0.1) is 5.82 Å². The average molecular weight is 478 g/mol. The van der Waals surface area contributed by atoms with Crippen LogP contribution >= 0.6 is 0 Å². The lowest BCUT2D eigenvalue weighted by molar-refractivity contribution is 0.0131. The number of piperidine rings is 1. The number of H-pyrrole nitrogens is 1. The molecule has 9 nitrogen and oxygen atoms in total. The number of anilines is 2.